The van der Waals surface area contributed by atoms with E-state index in [-0.39, 0.29) is 0 Å². The summed E-state index contributed by atoms with van der Waals surface area (Å²) in [4.78, 5) is 0. The van der Waals surface area contributed by atoms with Gasteiger partial charge in [-0.3, -0.25) is 0 Å². The van der Waals surface area contributed by atoms with Crippen molar-refractivity contribution in [3.8, 4) is 0 Å². The Labute approximate surface area is 76.4 Å². The molecule has 0 fully saturated rings. The van der Waals surface area contributed by atoms with Crippen LogP contribution in [0.3, 0.4) is 0 Å². The van der Waals surface area contributed by atoms with E-state index in [4.69, 9.17) is 0 Å². The minimum Gasteiger partial charge on any atom is -0.0877 e. The second-order valence-electron chi connectivity index (χ2n) is 3.55. The normalized spacial score (nSPS) is 37.1. The van der Waals surface area contributed by atoms with Crippen LogP contribution < -0.4 is 0 Å². The van der Waals surface area contributed by atoms with Crippen molar-refractivity contribution in [3.05, 3.63) is 24.3 Å². The molecule has 0 amide bonds. The molecule has 0 saturated heterocycles. The van der Waals surface area contributed by atoms with Crippen LogP contribution in [0.5, 0.6) is 0 Å². The zero-order valence-electron chi connectivity index (χ0n) is 8.46. The first-order chi connectivity index (χ1) is 5.88. The lowest BCUT2D eigenvalue weighted by Gasteiger charge is -2.26. The lowest BCUT2D eigenvalue weighted by Crippen LogP contribution is -2.18. The van der Waals surface area contributed by atoms with Gasteiger partial charge in [-0.05, 0) is 30.6 Å². The third kappa shape index (κ3) is 1.80. The first kappa shape index (κ1) is 9.57. The van der Waals surface area contributed by atoms with Crippen molar-refractivity contribution < 1.29 is 0 Å². The fraction of sp³-hybridized carbons (Fsp3) is 0.667. The summed E-state index contributed by atoms with van der Waals surface area (Å²) < 4.78 is 0. The van der Waals surface area contributed by atoms with Gasteiger partial charge >= 0.3 is 0 Å². The molecule has 2 aliphatic rings. The third-order valence-electron chi connectivity index (χ3n) is 2.86. The van der Waals surface area contributed by atoms with Crippen LogP contribution in [-0.2, 0) is 0 Å². The van der Waals surface area contributed by atoms with Crippen LogP contribution in [0, 0.1) is 17.8 Å². The number of fused-ring (bicyclic) bond motifs is 1. The van der Waals surface area contributed by atoms with Crippen molar-refractivity contribution in [3.63, 3.8) is 0 Å². The summed E-state index contributed by atoms with van der Waals surface area (Å²) in [7, 11) is 0. The molecule has 0 spiro atoms. The molecule has 0 heterocycles. The van der Waals surface area contributed by atoms with Gasteiger partial charge in [-0.1, -0.05) is 45.1 Å². The van der Waals surface area contributed by atoms with Gasteiger partial charge in [0.05, 0.1) is 0 Å². The zero-order chi connectivity index (χ0) is 8.97. The first-order valence-corrected chi connectivity index (χ1v) is 5.21. The Kier molecular flexibility index (Phi) is 3.58. The van der Waals surface area contributed by atoms with Crippen LogP contribution in [0.2, 0.25) is 0 Å². The molecule has 0 aromatic rings. The molecule has 12 heavy (non-hydrogen) atoms. The number of allylic oxidation sites excluding steroid dienone is 4. The molecule has 0 aromatic heterocycles. The lowest BCUT2D eigenvalue weighted by molar-refractivity contribution is 0.319. The third-order valence-corrected chi connectivity index (χ3v) is 2.86. The number of hydrogen-bond donors (Lipinski definition) is 0. The SMILES string of the molecule is CC.CC1CC=CC2C=CCC21. The molecule has 0 bridgehead atoms. The van der Waals surface area contributed by atoms with Crippen LogP contribution in [-0.4, -0.2) is 0 Å². The quantitative estimate of drug-likeness (QED) is 0.478. The Hall–Kier alpha value is -0.520. The molecular formula is C12H20. The van der Waals surface area contributed by atoms with Gasteiger partial charge in [-0.25, -0.2) is 0 Å². The van der Waals surface area contributed by atoms with E-state index >= 15 is 0 Å². The van der Waals surface area contributed by atoms with Gasteiger partial charge in [0.25, 0.3) is 0 Å². The summed E-state index contributed by atoms with van der Waals surface area (Å²) in [6.45, 7) is 6.37. The van der Waals surface area contributed by atoms with E-state index < -0.39 is 0 Å². The highest BCUT2D eigenvalue weighted by Crippen LogP contribution is 2.37. The number of rotatable bonds is 0. The Morgan fingerprint density at radius 1 is 1.00 bits per heavy atom. The Bertz CT molecular complexity index is 176. The second-order valence-corrected chi connectivity index (χ2v) is 3.55. The van der Waals surface area contributed by atoms with Crippen LogP contribution in [0.4, 0.5) is 0 Å². The lowest BCUT2D eigenvalue weighted by atomic mass is 9.79. The number of hydrogen-bond acceptors (Lipinski definition) is 0. The van der Waals surface area contributed by atoms with Crippen LogP contribution in [0.1, 0.15) is 33.6 Å². The van der Waals surface area contributed by atoms with Gasteiger partial charge in [-0.2, -0.15) is 0 Å². The van der Waals surface area contributed by atoms with Crippen molar-refractivity contribution in [1.82, 2.24) is 0 Å². The van der Waals surface area contributed by atoms with E-state index in [2.05, 4.69) is 31.2 Å². The molecule has 0 saturated carbocycles. The Morgan fingerprint density at radius 3 is 2.17 bits per heavy atom. The predicted molar refractivity (Wildman–Crippen MR) is 55.0 cm³/mol. The zero-order valence-corrected chi connectivity index (χ0v) is 8.46. The standard InChI is InChI=1S/C10H14.C2H6/c1-8-4-2-5-9-6-3-7-10(8)9;1-2/h2-3,5-6,8-10H,4,7H2,1H3;1-2H3. The topological polar surface area (TPSA) is 0 Å². The molecule has 0 radical (unpaired) electrons. The molecule has 3 unspecified atom stereocenters. The summed E-state index contributed by atoms with van der Waals surface area (Å²) in [6, 6.07) is 0. The summed E-state index contributed by atoms with van der Waals surface area (Å²) in [5, 5.41) is 0. The summed E-state index contributed by atoms with van der Waals surface area (Å²) in [5.74, 6) is 2.62. The van der Waals surface area contributed by atoms with Crippen molar-refractivity contribution in [1.29, 1.82) is 0 Å². The maximum absolute atomic E-state index is 2.37. The van der Waals surface area contributed by atoms with Crippen molar-refractivity contribution in [2.45, 2.75) is 33.6 Å². The van der Waals surface area contributed by atoms with Gasteiger partial charge in [0.1, 0.15) is 0 Å². The van der Waals surface area contributed by atoms with Gasteiger partial charge in [-0.15, -0.1) is 0 Å². The van der Waals surface area contributed by atoms with Crippen molar-refractivity contribution in [2.75, 3.05) is 0 Å². The Balaban J connectivity index is 0.000000336. The maximum atomic E-state index is 2.37. The smallest absolute Gasteiger partial charge is 0.00196 e. The first-order valence-electron chi connectivity index (χ1n) is 5.21. The highest BCUT2D eigenvalue weighted by Gasteiger charge is 2.27. The molecule has 68 valence electrons. The van der Waals surface area contributed by atoms with E-state index in [1.165, 1.54) is 12.8 Å². The molecule has 0 heteroatoms. The van der Waals surface area contributed by atoms with Crippen molar-refractivity contribution >= 4 is 0 Å². The monoisotopic (exact) mass is 164 g/mol. The Morgan fingerprint density at radius 2 is 1.58 bits per heavy atom. The molecule has 0 aromatic carbocycles. The predicted octanol–water partition coefficient (Wildman–Crippen LogP) is 3.80. The van der Waals surface area contributed by atoms with Crippen LogP contribution in [0.25, 0.3) is 0 Å². The largest absolute Gasteiger partial charge is 0.0877 e. The fourth-order valence-electron chi connectivity index (χ4n) is 2.14. The fourth-order valence-corrected chi connectivity index (χ4v) is 2.14. The average molecular weight is 164 g/mol. The highest BCUT2D eigenvalue weighted by molar-refractivity contribution is 5.14. The van der Waals surface area contributed by atoms with E-state index in [0.29, 0.717) is 0 Å². The second kappa shape index (κ2) is 4.49. The molecule has 0 nitrogen and oxygen atoms in total. The molecule has 3 atom stereocenters. The van der Waals surface area contributed by atoms with E-state index in [0.717, 1.165) is 17.8 Å². The summed E-state index contributed by atoms with van der Waals surface area (Å²) in [5.41, 5.74) is 0. The molecule has 0 aliphatic heterocycles. The highest BCUT2D eigenvalue weighted by atomic mass is 14.3. The van der Waals surface area contributed by atoms with Gasteiger partial charge in [0.2, 0.25) is 0 Å². The molecule has 2 rings (SSSR count). The minimum absolute atomic E-state index is 0.781. The van der Waals surface area contributed by atoms with Crippen LogP contribution in [0.15, 0.2) is 24.3 Å². The minimum atomic E-state index is 0.781. The van der Waals surface area contributed by atoms with E-state index in [9.17, 15) is 0 Å². The van der Waals surface area contributed by atoms with E-state index in [1.807, 2.05) is 13.8 Å². The van der Waals surface area contributed by atoms with Gasteiger partial charge in [0.15, 0.2) is 0 Å². The van der Waals surface area contributed by atoms with Gasteiger partial charge in [0, 0.05) is 0 Å². The van der Waals surface area contributed by atoms with Crippen LogP contribution >= 0.6 is 0 Å². The average Bonchev–Trinajstić information content (AvgIpc) is 2.57. The molecule has 2 aliphatic carbocycles. The van der Waals surface area contributed by atoms with Gasteiger partial charge < -0.3 is 0 Å². The summed E-state index contributed by atoms with van der Waals surface area (Å²) >= 11 is 0. The molecule has 0 N–H and O–H groups in total. The molecular weight excluding hydrogens is 144 g/mol. The summed E-state index contributed by atoms with van der Waals surface area (Å²) in [6.07, 6.45) is 12.0. The maximum Gasteiger partial charge on any atom is -0.00196 e. The van der Waals surface area contributed by atoms with E-state index in [1.54, 1.807) is 0 Å². The van der Waals surface area contributed by atoms with Crippen molar-refractivity contribution in [2.24, 2.45) is 17.8 Å².